The molecule has 0 unspecified atom stereocenters. The summed E-state index contributed by atoms with van der Waals surface area (Å²) in [4.78, 5) is 6.53. The van der Waals surface area contributed by atoms with Gasteiger partial charge in [0.05, 0.1) is 34.0 Å². The van der Waals surface area contributed by atoms with Crippen molar-refractivity contribution in [1.82, 2.24) is 24.2 Å². The van der Waals surface area contributed by atoms with Crippen molar-refractivity contribution in [3.8, 4) is 22.9 Å². The summed E-state index contributed by atoms with van der Waals surface area (Å²) in [5.41, 5.74) is 2.14. The maximum absolute atomic E-state index is 5.82. The first-order valence-corrected chi connectivity index (χ1v) is 11.1. The Hall–Kier alpha value is -2.75. The van der Waals surface area contributed by atoms with Crippen molar-refractivity contribution in [2.75, 3.05) is 34.5 Å². The Bertz CT molecular complexity index is 1100. The van der Waals surface area contributed by atoms with E-state index in [0.29, 0.717) is 24.6 Å². The van der Waals surface area contributed by atoms with Gasteiger partial charge in [0.25, 0.3) is 0 Å². The highest BCUT2D eigenvalue weighted by molar-refractivity contribution is 7.71. The van der Waals surface area contributed by atoms with Crippen LogP contribution in [0.2, 0.25) is 0 Å². The van der Waals surface area contributed by atoms with E-state index in [0.717, 1.165) is 47.8 Å². The molecular formula is C23H29N5O3S. The van der Waals surface area contributed by atoms with E-state index in [1.54, 1.807) is 33.7 Å². The van der Waals surface area contributed by atoms with Crippen LogP contribution in [0.25, 0.3) is 11.4 Å². The first kappa shape index (κ1) is 22.4. The molecule has 1 aliphatic heterocycles. The molecule has 3 heterocycles. The number of likely N-dealkylation sites (tertiary alicyclic amines) is 1. The third kappa shape index (κ3) is 4.55. The van der Waals surface area contributed by atoms with Gasteiger partial charge in [-0.05, 0) is 43.3 Å². The molecule has 1 atom stereocenters. The summed E-state index contributed by atoms with van der Waals surface area (Å²) >= 11 is 5.82. The van der Waals surface area contributed by atoms with Crippen LogP contribution in [0.5, 0.6) is 11.5 Å². The minimum Gasteiger partial charge on any atom is -0.497 e. The fourth-order valence-corrected chi connectivity index (χ4v) is 4.52. The number of methoxy groups -OCH3 is 3. The molecule has 0 amide bonds. The maximum atomic E-state index is 5.82. The first-order chi connectivity index (χ1) is 15.7. The fraction of sp³-hybridized carbons (Fsp3) is 0.435. The Kier molecular flexibility index (Phi) is 7.19. The molecule has 2 aromatic heterocycles. The van der Waals surface area contributed by atoms with Crippen molar-refractivity contribution >= 4 is 12.2 Å². The van der Waals surface area contributed by atoms with Crippen LogP contribution in [0.1, 0.15) is 24.4 Å². The third-order valence-corrected chi connectivity index (χ3v) is 6.29. The van der Waals surface area contributed by atoms with Gasteiger partial charge in [-0.25, -0.2) is 4.68 Å². The lowest BCUT2D eigenvalue weighted by molar-refractivity contribution is 0.181. The van der Waals surface area contributed by atoms with Crippen LogP contribution in [0.3, 0.4) is 0 Å². The molecule has 0 saturated carbocycles. The first-order valence-electron chi connectivity index (χ1n) is 10.7. The van der Waals surface area contributed by atoms with Gasteiger partial charge in [-0.15, -0.1) is 0 Å². The SMILES string of the molecule is COCCn1c(-c2ccncc2)nn(CN2CCC[C@@H]2c2ccc(OC)cc2OC)c1=S. The third-order valence-electron chi connectivity index (χ3n) is 5.86. The van der Waals surface area contributed by atoms with Gasteiger partial charge in [-0.1, -0.05) is 6.07 Å². The summed E-state index contributed by atoms with van der Waals surface area (Å²) in [6.07, 6.45) is 5.70. The molecule has 170 valence electrons. The molecule has 32 heavy (non-hydrogen) atoms. The van der Waals surface area contributed by atoms with Gasteiger partial charge >= 0.3 is 0 Å². The van der Waals surface area contributed by atoms with Gasteiger partial charge < -0.3 is 14.2 Å². The normalized spacial score (nSPS) is 16.4. The summed E-state index contributed by atoms with van der Waals surface area (Å²) in [6.45, 7) is 2.78. The zero-order valence-corrected chi connectivity index (χ0v) is 19.5. The van der Waals surface area contributed by atoms with E-state index in [-0.39, 0.29) is 6.04 Å². The van der Waals surface area contributed by atoms with Crippen LogP contribution in [-0.4, -0.2) is 58.7 Å². The number of rotatable bonds is 9. The fourth-order valence-electron chi connectivity index (χ4n) is 4.25. The number of ether oxygens (including phenoxy) is 3. The predicted molar refractivity (Wildman–Crippen MR) is 124 cm³/mol. The van der Waals surface area contributed by atoms with Crippen LogP contribution in [0, 0.1) is 4.77 Å². The highest BCUT2D eigenvalue weighted by Gasteiger charge is 2.29. The molecule has 4 rings (SSSR count). The van der Waals surface area contributed by atoms with Gasteiger partial charge in [0.1, 0.15) is 11.5 Å². The molecule has 1 fully saturated rings. The zero-order chi connectivity index (χ0) is 22.5. The molecule has 1 aliphatic rings. The molecule has 0 bridgehead atoms. The lowest BCUT2D eigenvalue weighted by Crippen LogP contribution is -2.27. The Balaban J connectivity index is 1.65. The highest BCUT2D eigenvalue weighted by Crippen LogP contribution is 2.39. The van der Waals surface area contributed by atoms with Gasteiger partial charge in [0.15, 0.2) is 10.6 Å². The largest absolute Gasteiger partial charge is 0.497 e. The standard InChI is InChI=1S/C23H29N5O3S/c1-29-14-13-27-22(17-8-10-24-11-9-17)25-28(23(27)32)16-26-12-4-5-20(26)19-7-6-18(30-2)15-21(19)31-3/h6-11,15,20H,4-5,12-14,16H2,1-3H3/t20-/m1/s1. The summed E-state index contributed by atoms with van der Waals surface area (Å²) in [5.74, 6) is 2.46. The van der Waals surface area contributed by atoms with E-state index in [9.17, 15) is 0 Å². The van der Waals surface area contributed by atoms with Crippen LogP contribution in [-0.2, 0) is 18.0 Å². The smallest absolute Gasteiger partial charge is 0.199 e. The molecule has 1 aromatic carbocycles. The zero-order valence-electron chi connectivity index (χ0n) is 18.7. The number of nitrogens with zero attached hydrogens (tertiary/aromatic N) is 5. The van der Waals surface area contributed by atoms with E-state index in [4.69, 9.17) is 31.5 Å². The molecule has 8 nitrogen and oxygen atoms in total. The number of hydrogen-bond acceptors (Lipinski definition) is 7. The second kappa shape index (κ2) is 10.2. The van der Waals surface area contributed by atoms with Crippen LogP contribution in [0.15, 0.2) is 42.7 Å². The molecule has 0 spiro atoms. The Labute approximate surface area is 193 Å². The van der Waals surface area contributed by atoms with E-state index >= 15 is 0 Å². The Morgan fingerprint density at radius 1 is 1.09 bits per heavy atom. The lowest BCUT2D eigenvalue weighted by Gasteiger charge is -2.26. The van der Waals surface area contributed by atoms with Crippen molar-refractivity contribution in [2.24, 2.45) is 0 Å². The molecular weight excluding hydrogens is 426 g/mol. The number of hydrogen-bond donors (Lipinski definition) is 0. The van der Waals surface area contributed by atoms with Crippen LogP contribution >= 0.6 is 12.2 Å². The minimum absolute atomic E-state index is 0.228. The second-order valence-corrected chi connectivity index (χ2v) is 8.07. The minimum atomic E-state index is 0.228. The highest BCUT2D eigenvalue weighted by atomic mass is 32.1. The van der Waals surface area contributed by atoms with Gasteiger partial charge in [0.2, 0.25) is 0 Å². The van der Waals surface area contributed by atoms with Crippen molar-refractivity contribution in [2.45, 2.75) is 32.1 Å². The summed E-state index contributed by atoms with van der Waals surface area (Å²) in [6, 6.07) is 10.2. The van der Waals surface area contributed by atoms with Crippen LogP contribution < -0.4 is 9.47 Å². The van der Waals surface area contributed by atoms with Gasteiger partial charge in [-0.3, -0.25) is 14.5 Å². The molecule has 0 N–H and O–H groups in total. The topological polar surface area (TPSA) is 66.6 Å². The lowest BCUT2D eigenvalue weighted by atomic mass is 10.0. The molecule has 9 heteroatoms. The summed E-state index contributed by atoms with van der Waals surface area (Å²) < 4.78 is 21.0. The van der Waals surface area contributed by atoms with E-state index < -0.39 is 0 Å². The molecule has 0 aliphatic carbocycles. The van der Waals surface area contributed by atoms with Crippen molar-refractivity contribution in [3.05, 3.63) is 53.1 Å². The summed E-state index contributed by atoms with van der Waals surface area (Å²) in [5, 5.41) is 4.89. The monoisotopic (exact) mass is 455 g/mol. The summed E-state index contributed by atoms with van der Waals surface area (Å²) in [7, 11) is 5.06. The number of pyridine rings is 1. The molecule has 3 aromatic rings. The Morgan fingerprint density at radius 2 is 1.91 bits per heavy atom. The van der Waals surface area contributed by atoms with Crippen LogP contribution in [0.4, 0.5) is 0 Å². The van der Waals surface area contributed by atoms with Crippen molar-refractivity contribution < 1.29 is 14.2 Å². The van der Waals surface area contributed by atoms with Crippen molar-refractivity contribution in [1.29, 1.82) is 0 Å². The van der Waals surface area contributed by atoms with Crippen molar-refractivity contribution in [3.63, 3.8) is 0 Å². The van der Waals surface area contributed by atoms with E-state index in [2.05, 4.69) is 16.0 Å². The van der Waals surface area contributed by atoms with Gasteiger partial charge in [0, 0.05) is 49.3 Å². The predicted octanol–water partition coefficient (Wildman–Crippen LogP) is 3.93. The molecule has 1 saturated heterocycles. The maximum Gasteiger partial charge on any atom is 0.199 e. The average Bonchev–Trinajstić information content (AvgIpc) is 3.42. The average molecular weight is 456 g/mol. The molecule has 0 radical (unpaired) electrons. The number of aromatic nitrogens is 4. The van der Waals surface area contributed by atoms with E-state index in [1.165, 1.54) is 0 Å². The van der Waals surface area contributed by atoms with Gasteiger partial charge in [-0.2, -0.15) is 5.10 Å². The quantitative estimate of drug-likeness (QED) is 0.453. The van der Waals surface area contributed by atoms with E-state index in [1.807, 2.05) is 33.5 Å². The number of benzene rings is 1. The second-order valence-electron chi connectivity index (χ2n) is 7.71. The Morgan fingerprint density at radius 3 is 2.62 bits per heavy atom.